The summed E-state index contributed by atoms with van der Waals surface area (Å²) < 4.78 is 26.3. The zero-order valence-corrected chi connectivity index (χ0v) is 15.4. The standard InChI is InChI=1S/C19H20F2N6O2/c20-19(21)9-14(19)24-17(28)12-4-5-13-16(23-12)27(11-6-8-26(13)10-11)18(29)25-15-3-1-2-7-22-15/h1-5,7,11-12,14,23H,6,8-10H2,(H,24,28)(H,22,25,29)/t11-,12?,14?/m0/s1. The molecule has 4 heterocycles. The van der Waals surface area contributed by atoms with Crippen LogP contribution in [0.3, 0.4) is 0 Å². The summed E-state index contributed by atoms with van der Waals surface area (Å²) in [6.07, 6.45) is 5.47. The number of amides is 3. The van der Waals surface area contributed by atoms with Gasteiger partial charge in [-0.15, -0.1) is 0 Å². The van der Waals surface area contributed by atoms with E-state index in [1.54, 1.807) is 41.4 Å². The highest BCUT2D eigenvalue weighted by Gasteiger charge is 2.58. The maximum atomic E-state index is 13.1. The van der Waals surface area contributed by atoms with E-state index < -0.39 is 23.9 Å². The van der Waals surface area contributed by atoms with Crippen molar-refractivity contribution in [3.05, 3.63) is 48.1 Å². The molecule has 10 heteroatoms. The first kappa shape index (κ1) is 17.9. The lowest BCUT2D eigenvalue weighted by atomic mass is 10.1. The lowest BCUT2D eigenvalue weighted by Gasteiger charge is -2.40. The fourth-order valence-corrected chi connectivity index (χ4v) is 4.00. The van der Waals surface area contributed by atoms with Crippen molar-refractivity contribution in [3.63, 3.8) is 0 Å². The third kappa shape index (κ3) is 3.18. The minimum absolute atomic E-state index is 0.0482. The van der Waals surface area contributed by atoms with Crippen LogP contribution >= 0.6 is 0 Å². The molecular weight excluding hydrogens is 382 g/mol. The number of carbonyl (C=O) groups excluding carboxylic acids is 2. The molecule has 29 heavy (non-hydrogen) atoms. The molecule has 2 unspecified atom stereocenters. The van der Waals surface area contributed by atoms with Gasteiger partial charge in [-0.2, -0.15) is 0 Å². The number of pyridine rings is 1. The number of carbonyl (C=O) groups is 2. The van der Waals surface area contributed by atoms with Crippen molar-refractivity contribution in [1.82, 2.24) is 25.4 Å². The number of nitrogens with one attached hydrogen (secondary N) is 3. The predicted molar refractivity (Wildman–Crippen MR) is 99.7 cm³/mol. The molecule has 3 amide bonds. The molecule has 5 rings (SSSR count). The minimum Gasteiger partial charge on any atom is -0.366 e. The number of alkyl halides is 2. The van der Waals surface area contributed by atoms with E-state index in [-0.39, 0.29) is 18.5 Å². The Morgan fingerprint density at radius 3 is 2.86 bits per heavy atom. The van der Waals surface area contributed by atoms with Gasteiger partial charge in [0.25, 0.3) is 5.92 Å². The zero-order chi connectivity index (χ0) is 20.2. The van der Waals surface area contributed by atoms with Crippen molar-refractivity contribution in [2.45, 2.75) is 36.9 Å². The first-order valence-electron chi connectivity index (χ1n) is 9.56. The molecule has 0 radical (unpaired) electrons. The molecule has 3 aliphatic heterocycles. The van der Waals surface area contributed by atoms with Gasteiger partial charge < -0.3 is 15.5 Å². The zero-order valence-electron chi connectivity index (χ0n) is 15.4. The van der Waals surface area contributed by atoms with Gasteiger partial charge in [0, 0.05) is 25.7 Å². The van der Waals surface area contributed by atoms with E-state index in [4.69, 9.17) is 0 Å². The first-order chi connectivity index (χ1) is 13.9. The van der Waals surface area contributed by atoms with Gasteiger partial charge in [-0.1, -0.05) is 12.1 Å². The number of hydrogen-bond acceptors (Lipinski definition) is 5. The van der Waals surface area contributed by atoms with E-state index in [0.29, 0.717) is 18.2 Å². The number of hydrogen-bond donors (Lipinski definition) is 3. The van der Waals surface area contributed by atoms with Crippen molar-refractivity contribution < 1.29 is 18.4 Å². The van der Waals surface area contributed by atoms with Crippen molar-refractivity contribution in [2.75, 3.05) is 18.4 Å². The Kier molecular flexibility index (Phi) is 3.97. The summed E-state index contributed by atoms with van der Waals surface area (Å²) >= 11 is 0. The Hall–Kier alpha value is -3.17. The number of allylic oxidation sites excluding steroid dienone is 1. The topological polar surface area (TPSA) is 89.6 Å². The predicted octanol–water partition coefficient (Wildman–Crippen LogP) is 1.22. The Bertz CT molecular complexity index is 919. The number of urea groups is 1. The molecule has 152 valence electrons. The Morgan fingerprint density at radius 2 is 2.14 bits per heavy atom. The molecule has 0 spiro atoms. The number of rotatable bonds is 3. The second kappa shape index (κ2) is 6.43. The lowest BCUT2D eigenvalue weighted by Crippen LogP contribution is -2.56. The van der Waals surface area contributed by atoms with E-state index in [0.717, 1.165) is 18.7 Å². The largest absolute Gasteiger partial charge is 0.366 e. The fourth-order valence-electron chi connectivity index (χ4n) is 4.00. The summed E-state index contributed by atoms with van der Waals surface area (Å²) in [6.45, 7) is 1.50. The van der Waals surface area contributed by atoms with Gasteiger partial charge in [-0.3, -0.25) is 15.0 Å². The smallest absolute Gasteiger partial charge is 0.328 e. The maximum Gasteiger partial charge on any atom is 0.328 e. The maximum absolute atomic E-state index is 13.1. The van der Waals surface area contributed by atoms with E-state index in [1.807, 2.05) is 0 Å². The van der Waals surface area contributed by atoms with Crippen LogP contribution in [0.1, 0.15) is 12.8 Å². The Labute approximate surface area is 165 Å². The number of nitrogens with zero attached hydrogens (tertiary/aromatic N) is 3. The molecule has 4 aliphatic rings. The Morgan fingerprint density at radius 1 is 1.31 bits per heavy atom. The van der Waals surface area contributed by atoms with Crippen LogP contribution in [0.2, 0.25) is 0 Å². The van der Waals surface area contributed by atoms with E-state index in [2.05, 4.69) is 25.8 Å². The second-order valence-electron chi connectivity index (χ2n) is 7.64. The molecule has 1 aromatic heterocycles. The third-order valence-corrected chi connectivity index (χ3v) is 5.64. The van der Waals surface area contributed by atoms with Crippen LogP contribution in [-0.2, 0) is 4.79 Å². The van der Waals surface area contributed by atoms with Gasteiger partial charge in [0.15, 0.2) is 0 Å². The van der Waals surface area contributed by atoms with Crippen molar-refractivity contribution >= 4 is 17.8 Å². The summed E-state index contributed by atoms with van der Waals surface area (Å²) in [4.78, 5) is 33.3. The van der Waals surface area contributed by atoms with Crippen LogP contribution < -0.4 is 16.0 Å². The highest BCUT2D eigenvalue weighted by molar-refractivity contribution is 5.91. The average Bonchev–Trinajstić information content (AvgIpc) is 3.09. The Balaban J connectivity index is 1.36. The van der Waals surface area contributed by atoms with Crippen LogP contribution in [0.15, 0.2) is 48.1 Å². The van der Waals surface area contributed by atoms with Crippen LogP contribution in [0, 0.1) is 0 Å². The summed E-state index contributed by atoms with van der Waals surface area (Å²) in [6, 6.07) is 2.89. The van der Waals surface area contributed by atoms with E-state index >= 15 is 0 Å². The van der Waals surface area contributed by atoms with E-state index in [1.165, 1.54) is 0 Å². The molecule has 2 fully saturated rings. The molecule has 3 N–H and O–H groups in total. The summed E-state index contributed by atoms with van der Waals surface area (Å²) in [5.41, 5.74) is 0.815. The molecule has 1 aliphatic carbocycles. The van der Waals surface area contributed by atoms with Crippen LogP contribution in [0.4, 0.5) is 19.4 Å². The molecule has 1 saturated carbocycles. The first-order valence-corrected chi connectivity index (χ1v) is 9.56. The fraction of sp³-hybridized carbons (Fsp3) is 0.421. The monoisotopic (exact) mass is 402 g/mol. The van der Waals surface area contributed by atoms with Crippen molar-refractivity contribution in [3.8, 4) is 0 Å². The summed E-state index contributed by atoms with van der Waals surface area (Å²) in [7, 11) is 0. The van der Waals surface area contributed by atoms with Gasteiger partial charge in [-0.05, 0) is 24.6 Å². The SMILES string of the molecule is O=C(NC1CC1(F)F)C1C=CC2=C(N1)N(C(=O)Nc1ccccn1)[C@H]1CCN2C1. The summed E-state index contributed by atoms with van der Waals surface area (Å²) in [5, 5.41) is 8.22. The van der Waals surface area contributed by atoms with Gasteiger partial charge >= 0.3 is 6.03 Å². The van der Waals surface area contributed by atoms with Crippen LogP contribution in [-0.4, -0.2) is 63.9 Å². The normalized spacial score (nSPS) is 28.6. The second-order valence-corrected chi connectivity index (χ2v) is 7.64. The van der Waals surface area contributed by atoms with Gasteiger partial charge in [-0.25, -0.2) is 18.6 Å². The van der Waals surface area contributed by atoms with Crippen LogP contribution in [0.25, 0.3) is 0 Å². The van der Waals surface area contributed by atoms with Crippen LogP contribution in [0.5, 0.6) is 0 Å². The third-order valence-electron chi connectivity index (χ3n) is 5.64. The number of fused-ring (bicyclic) bond motifs is 3. The average molecular weight is 402 g/mol. The van der Waals surface area contributed by atoms with Gasteiger partial charge in [0.05, 0.1) is 17.8 Å². The van der Waals surface area contributed by atoms with Gasteiger partial charge in [0.1, 0.15) is 17.7 Å². The number of dihydropyridines is 1. The minimum atomic E-state index is -2.83. The number of anilines is 1. The molecule has 8 nitrogen and oxygen atoms in total. The molecular formula is C19H20F2N6O2. The molecule has 0 aromatic carbocycles. The highest BCUT2D eigenvalue weighted by atomic mass is 19.3. The summed E-state index contributed by atoms with van der Waals surface area (Å²) in [5.74, 6) is -2.43. The number of halogens is 2. The highest BCUT2D eigenvalue weighted by Crippen LogP contribution is 2.41. The molecule has 1 saturated heterocycles. The molecule has 1 aromatic rings. The quantitative estimate of drug-likeness (QED) is 0.708. The van der Waals surface area contributed by atoms with Crippen molar-refractivity contribution in [2.24, 2.45) is 0 Å². The van der Waals surface area contributed by atoms with E-state index in [9.17, 15) is 18.4 Å². The van der Waals surface area contributed by atoms with Gasteiger partial charge in [0.2, 0.25) is 5.91 Å². The lowest BCUT2D eigenvalue weighted by molar-refractivity contribution is -0.122. The number of aromatic nitrogens is 1. The van der Waals surface area contributed by atoms with Crippen molar-refractivity contribution in [1.29, 1.82) is 0 Å². The molecule has 3 atom stereocenters. The molecule has 2 bridgehead atoms.